The first-order valence-electron chi connectivity index (χ1n) is 9.48. The van der Waals surface area contributed by atoms with Crippen molar-refractivity contribution in [1.29, 1.82) is 0 Å². The van der Waals surface area contributed by atoms with Gasteiger partial charge in [-0.3, -0.25) is 9.59 Å². The molecule has 3 aromatic carbocycles. The third-order valence-electron chi connectivity index (χ3n) is 4.47. The van der Waals surface area contributed by atoms with Crippen LogP contribution in [0.3, 0.4) is 0 Å². The average Bonchev–Trinajstić information content (AvgIpc) is 2.78. The van der Waals surface area contributed by atoms with Crippen molar-refractivity contribution in [3.05, 3.63) is 95.6 Å². The Morgan fingerprint density at radius 3 is 2.27 bits per heavy atom. The zero-order valence-electron chi connectivity index (χ0n) is 16.9. The summed E-state index contributed by atoms with van der Waals surface area (Å²) < 4.78 is 5.20. The molecule has 0 radical (unpaired) electrons. The van der Waals surface area contributed by atoms with Gasteiger partial charge in [-0.1, -0.05) is 54.6 Å². The minimum Gasteiger partial charge on any atom is -0.496 e. The molecule has 0 atom stereocenters. The molecule has 6 nitrogen and oxygen atoms in total. The topological polar surface area (TPSA) is 79.8 Å². The van der Waals surface area contributed by atoms with Crippen LogP contribution in [0.15, 0.2) is 84.0 Å². The molecule has 0 saturated heterocycles. The van der Waals surface area contributed by atoms with Crippen LogP contribution in [-0.2, 0) is 11.2 Å². The number of rotatable bonds is 7. The lowest BCUT2D eigenvalue weighted by atomic mass is 10.1. The van der Waals surface area contributed by atoms with Crippen molar-refractivity contribution in [2.45, 2.75) is 13.3 Å². The summed E-state index contributed by atoms with van der Waals surface area (Å²) in [6, 6.07) is 23.8. The number of hydrogen-bond acceptors (Lipinski definition) is 4. The van der Waals surface area contributed by atoms with Gasteiger partial charge in [-0.25, -0.2) is 5.43 Å². The van der Waals surface area contributed by atoms with E-state index < -0.39 is 0 Å². The third-order valence-corrected chi connectivity index (χ3v) is 4.47. The van der Waals surface area contributed by atoms with E-state index in [0.29, 0.717) is 29.1 Å². The van der Waals surface area contributed by atoms with Crippen molar-refractivity contribution < 1.29 is 14.3 Å². The second-order valence-corrected chi connectivity index (χ2v) is 6.63. The standard InChI is InChI=1S/C24H23N3O3/c1-17(26-27-24(29)21-10-6-7-11-22(21)30-2)19-12-14-20(15-13-19)25-23(28)16-18-8-4-3-5-9-18/h3-15H,16H2,1-2H3,(H,25,28)(H,27,29). The first-order chi connectivity index (χ1) is 14.6. The van der Waals surface area contributed by atoms with Crippen LogP contribution in [0.2, 0.25) is 0 Å². The number of carbonyl (C=O) groups is 2. The molecule has 6 heteroatoms. The maximum Gasteiger partial charge on any atom is 0.275 e. The molecular weight excluding hydrogens is 378 g/mol. The number of hydrogen-bond donors (Lipinski definition) is 2. The van der Waals surface area contributed by atoms with E-state index in [0.717, 1.165) is 11.1 Å². The Morgan fingerprint density at radius 2 is 1.57 bits per heavy atom. The first kappa shape index (κ1) is 20.8. The number of para-hydroxylation sites is 1. The molecule has 0 aromatic heterocycles. The summed E-state index contributed by atoms with van der Waals surface area (Å²) in [5.41, 5.74) is 6.08. The molecule has 0 fully saturated rings. The number of ether oxygens (including phenoxy) is 1. The minimum atomic E-state index is -0.350. The summed E-state index contributed by atoms with van der Waals surface area (Å²) in [6.07, 6.45) is 0.318. The van der Waals surface area contributed by atoms with E-state index in [9.17, 15) is 9.59 Å². The predicted octanol–water partition coefficient (Wildman–Crippen LogP) is 4.03. The Kier molecular flexibility index (Phi) is 6.95. The van der Waals surface area contributed by atoms with E-state index in [1.54, 1.807) is 43.3 Å². The fraction of sp³-hybridized carbons (Fsp3) is 0.125. The smallest absolute Gasteiger partial charge is 0.275 e. The number of hydrazone groups is 1. The summed E-state index contributed by atoms with van der Waals surface area (Å²) in [5.74, 6) is 0.0541. The van der Waals surface area contributed by atoms with E-state index in [-0.39, 0.29) is 11.8 Å². The number of nitrogens with zero attached hydrogens (tertiary/aromatic N) is 1. The number of methoxy groups -OCH3 is 1. The van der Waals surface area contributed by atoms with Crippen LogP contribution in [0.4, 0.5) is 5.69 Å². The van der Waals surface area contributed by atoms with Crippen molar-refractivity contribution in [3.63, 3.8) is 0 Å². The van der Waals surface area contributed by atoms with Gasteiger partial charge in [0.15, 0.2) is 0 Å². The number of carbonyl (C=O) groups excluding carboxylic acids is 2. The molecule has 2 amide bonds. The van der Waals surface area contributed by atoms with E-state index in [4.69, 9.17) is 4.74 Å². The normalized spacial score (nSPS) is 10.9. The van der Waals surface area contributed by atoms with E-state index in [2.05, 4.69) is 15.8 Å². The highest BCUT2D eigenvalue weighted by atomic mass is 16.5. The van der Waals surface area contributed by atoms with Gasteiger partial charge in [-0.2, -0.15) is 5.10 Å². The SMILES string of the molecule is COc1ccccc1C(=O)NN=C(C)c1ccc(NC(=O)Cc2ccccc2)cc1. The quantitative estimate of drug-likeness (QED) is 0.463. The molecule has 3 aromatic rings. The maximum atomic E-state index is 12.3. The first-order valence-corrected chi connectivity index (χ1v) is 9.48. The fourth-order valence-electron chi connectivity index (χ4n) is 2.87. The Bertz CT molecular complexity index is 1040. The van der Waals surface area contributed by atoms with Gasteiger partial charge in [-0.15, -0.1) is 0 Å². The number of anilines is 1. The largest absolute Gasteiger partial charge is 0.496 e. The Morgan fingerprint density at radius 1 is 0.900 bits per heavy atom. The second kappa shape index (κ2) is 10.0. The highest BCUT2D eigenvalue weighted by molar-refractivity contribution is 6.02. The van der Waals surface area contributed by atoms with Crippen LogP contribution in [0, 0.1) is 0 Å². The second-order valence-electron chi connectivity index (χ2n) is 6.63. The molecule has 0 heterocycles. The van der Waals surface area contributed by atoms with E-state index in [1.807, 2.05) is 42.5 Å². The lowest BCUT2D eigenvalue weighted by Gasteiger charge is -2.08. The van der Waals surface area contributed by atoms with Crippen LogP contribution in [-0.4, -0.2) is 24.6 Å². The number of amides is 2. The van der Waals surface area contributed by atoms with Gasteiger partial charge in [0.25, 0.3) is 5.91 Å². The lowest BCUT2D eigenvalue weighted by Crippen LogP contribution is -2.20. The van der Waals surface area contributed by atoms with Gasteiger partial charge in [-0.05, 0) is 42.3 Å². The Balaban J connectivity index is 1.59. The molecule has 0 unspecified atom stereocenters. The highest BCUT2D eigenvalue weighted by Crippen LogP contribution is 2.17. The van der Waals surface area contributed by atoms with Crippen LogP contribution >= 0.6 is 0 Å². The zero-order valence-corrected chi connectivity index (χ0v) is 16.9. The molecule has 0 saturated carbocycles. The van der Waals surface area contributed by atoms with E-state index in [1.165, 1.54) is 7.11 Å². The van der Waals surface area contributed by atoms with Crippen LogP contribution in [0.25, 0.3) is 0 Å². The molecule has 3 rings (SSSR count). The molecule has 2 N–H and O–H groups in total. The average molecular weight is 401 g/mol. The zero-order chi connectivity index (χ0) is 21.3. The molecule has 30 heavy (non-hydrogen) atoms. The van der Waals surface area contributed by atoms with Crippen LogP contribution < -0.4 is 15.5 Å². The summed E-state index contributed by atoms with van der Waals surface area (Å²) in [4.78, 5) is 24.5. The van der Waals surface area contributed by atoms with Crippen molar-refractivity contribution in [2.75, 3.05) is 12.4 Å². The van der Waals surface area contributed by atoms with Gasteiger partial charge >= 0.3 is 0 Å². The van der Waals surface area contributed by atoms with Crippen molar-refractivity contribution in [1.82, 2.24) is 5.43 Å². The van der Waals surface area contributed by atoms with Crippen molar-refractivity contribution in [2.24, 2.45) is 5.10 Å². The Hall–Kier alpha value is -3.93. The van der Waals surface area contributed by atoms with Crippen LogP contribution in [0.5, 0.6) is 5.75 Å². The number of benzene rings is 3. The number of nitrogens with one attached hydrogen (secondary N) is 2. The summed E-state index contributed by atoms with van der Waals surface area (Å²) >= 11 is 0. The van der Waals surface area contributed by atoms with Gasteiger partial charge in [0.2, 0.25) is 5.91 Å². The molecular formula is C24H23N3O3. The predicted molar refractivity (Wildman–Crippen MR) is 118 cm³/mol. The van der Waals surface area contributed by atoms with Crippen molar-refractivity contribution in [3.8, 4) is 5.75 Å². The van der Waals surface area contributed by atoms with Crippen LogP contribution in [0.1, 0.15) is 28.4 Å². The molecule has 0 aliphatic rings. The third kappa shape index (κ3) is 5.54. The molecule has 152 valence electrons. The van der Waals surface area contributed by atoms with Gasteiger partial charge < -0.3 is 10.1 Å². The minimum absolute atomic E-state index is 0.0802. The van der Waals surface area contributed by atoms with Crippen molar-refractivity contribution >= 4 is 23.2 Å². The van der Waals surface area contributed by atoms with Gasteiger partial charge in [0.05, 0.1) is 24.8 Å². The van der Waals surface area contributed by atoms with Gasteiger partial charge in [0.1, 0.15) is 5.75 Å². The molecule has 0 bridgehead atoms. The van der Waals surface area contributed by atoms with E-state index >= 15 is 0 Å². The summed E-state index contributed by atoms with van der Waals surface area (Å²) in [7, 11) is 1.51. The molecule has 0 spiro atoms. The molecule has 0 aliphatic heterocycles. The lowest BCUT2D eigenvalue weighted by molar-refractivity contribution is -0.115. The Labute approximate surface area is 175 Å². The summed E-state index contributed by atoms with van der Waals surface area (Å²) in [6.45, 7) is 1.80. The fourth-order valence-corrected chi connectivity index (χ4v) is 2.87. The monoisotopic (exact) mass is 401 g/mol. The maximum absolute atomic E-state index is 12.3. The highest BCUT2D eigenvalue weighted by Gasteiger charge is 2.11. The molecule has 0 aliphatic carbocycles. The van der Waals surface area contributed by atoms with Gasteiger partial charge in [0, 0.05) is 5.69 Å². The summed E-state index contributed by atoms with van der Waals surface area (Å²) in [5, 5.41) is 7.05.